The van der Waals surface area contributed by atoms with Crippen molar-refractivity contribution in [2.45, 2.75) is 12.8 Å². The summed E-state index contributed by atoms with van der Waals surface area (Å²) < 4.78 is 39.2. The minimum Gasteiger partial charge on any atom is -0.406 e. The maximum absolute atomic E-state index is 11.8. The average molecular weight is 236 g/mol. The molecule has 0 aromatic heterocycles. The number of halogens is 4. The molecule has 0 atom stereocenters. The van der Waals surface area contributed by atoms with Gasteiger partial charge in [0.05, 0.1) is 12.5 Å². The van der Waals surface area contributed by atoms with Crippen molar-refractivity contribution in [1.82, 2.24) is 0 Å². The molecule has 0 saturated heterocycles. The second kappa shape index (κ2) is 4.41. The first-order chi connectivity index (χ1) is 6.92. The molecule has 6 heteroatoms. The van der Waals surface area contributed by atoms with Crippen LogP contribution < -0.4 is 4.74 Å². The molecule has 0 radical (unpaired) electrons. The molecule has 0 fully saturated rings. The van der Waals surface area contributed by atoms with Gasteiger partial charge in [0, 0.05) is 5.02 Å². The SMILES string of the molecule is N#CCc1cc(OC(F)(F)F)ccc1Cl. The Morgan fingerprint density at radius 2 is 2.07 bits per heavy atom. The minimum absolute atomic E-state index is 0.0616. The number of ether oxygens (including phenoxy) is 1. The number of benzene rings is 1. The number of hydrogen-bond donors (Lipinski definition) is 0. The van der Waals surface area contributed by atoms with Gasteiger partial charge in [0.2, 0.25) is 0 Å². The van der Waals surface area contributed by atoms with Crippen molar-refractivity contribution < 1.29 is 17.9 Å². The van der Waals surface area contributed by atoms with E-state index in [9.17, 15) is 13.2 Å². The summed E-state index contributed by atoms with van der Waals surface area (Å²) in [6.07, 6.45) is -4.80. The predicted molar refractivity (Wildman–Crippen MR) is 47.5 cm³/mol. The Hall–Kier alpha value is -1.41. The van der Waals surface area contributed by atoms with E-state index in [2.05, 4.69) is 4.74 Å². The molecule has 80 valence electrons. The average Bonchev–Trinajstić information content (AvgIpc) is 2.09. The lowest BCUT2D eigenvalue weighted by atomic mass is 10.1. The van der Waals surface area contributed by atoms with Gasteiger partial charge in [-0.25, -0.2) is 0 Å². The Labute approximate surface area is 88.8 Å². The molecule has 0 aliphatic rings. The van der Waals surface area contributed by atoms with Gasteiger partial charge in [-0.2, -0.15) is 5.26 Å². The van der Waals surface area contributed by atoms with Crippen LogP contribution in [0.2, 0.25) is 5.02 Å². The summed E-state index contributed by atoms with van der Waals surface area (Å²) in [5.41, 5.74) is 0.306. The first-order valence-electron chi connectivity index (χ1n) is 3.83. The molecule has 1 rings (SSSR count). The molecule has 1 aromatic carbocycles. The van der Waals surface area contributed by atoms with E-state index < -0.39 is 6.36 Å². The van der Waals surface area contributed by atoms with Gasteiger partial charge in [-0.05, 0) is 23.8 Å². The molecule has 0 saturated carbocycles. The number of hydrogen-bond acceptors (Lipinski definition) is 2. The van der Waals surface area contributed by atoms with Gasteiger partial charge in [-0.1, -0.05) is 11.6 Å². The zero-order valence-electron chi connectivity index (χ0n) is 7.31. The highest BCUT2D eigenvalue weighted by Gasteiger charge is 2.31. The summed E-state index contributed by atoms with van der Waals surface area (Å²) in [4.78, 5) is 0. The Morgan fingerprint density at radius 1 is 1.40 bits per heavy atom. The highest BCUT2D eigenvalue weighted by atomic mass is 35.5. The van der Waals surface area contributed by atoms with E-state index in [1.54, 1.807) is 6.07 Å². The van der Waals surface area contributed by atoms with E-state index in [0.717, 1.165) is 12.1 Å². The fraction of sp³-hybridized carbons (Fsp3) is 0.222. The van der Waals surface area contributed by atoms with E-state index >= 15 is 0 Å². The van der Waals surface area contributed by atoms with Gasteiger partial charge in [0.15, 0.2) is 0 Å². The molecule has 0 spiro atoms. The van der Waals surface area contributed by atoms with E-state index in [0.29, 0.717) is 5.56 Å². The molecule has 0 aliphatic heterocycles. The van der Waals surface area contributed by atoms with E-state index in [1.165, 1.54) is 6.07 Å². The van der Waals surface area contributed by atoms with Crippen molar-refractivity contribution in [3.63, 3.8) is 0 Å². The largest absolute Gasteiger partial charge is 0.573 e. The molecule has 0 aliphatic carbocycles. The van der Waals surface area contributed by atoms with Crippen LogP contribution in [0.4, 0.5) is 13.2 Å². The number of alkyl halides is 3. The molecular formula is C9H5ClF3NO. The third-order valence-electron chi connectivity index (χ3n) is 1.52. The Bertz CT molecular complexity index is 397. The van der Waals surface area contributed by atoms with E-state index in [1.807, 2.05) is 0 Å². The highest BCUT2D eigenvalue weighted by molar-refractivity contribution is 6.31. The standard InChI is InChI=1S/C9H5ClF3NO/c10-8-2-1-7(15-9(11,12)13)5-6(8)3-4-14/h1-2,5H,3H2. The molecule has 0 heterocycles. The second-order valence-corrected chi connectivity index (χ2v) is 3.04. The van der Waals surface area contributed by atoms with Crippen LogP contribution in [0.25, 0.3) is 0 Å². The second-order valence-electron chi connectivity index (χ2n) is 2.64. The van der Waals surface area contributed by atoms with Crippen LogP contribution >= 0.6 is 11.6 Å². The summed E-state index contributed by atoms with van der Waals surface area (Å²) in [5, 5.41) is 8.64. The Morgan fingerprint density at radius 3 is 2.60 bits per heavy atom. The lowest BCUT2D eigenvalue weighted by molar-refractivity contribution is -0.274. The van der Waals surface area contributed by atoms with Crippen LogP contribution in [0.15, 0.2) is 18.2 Å². The van der Waals surface area contributed by atoms with E-state index in [-0.39, 0.29) is 17.2 Å². The predicted octanol–water partition coefficient (Wildman–Crippen LogP) is 3.30. The normalized spacial score (nSPS) is 10.9. The summed E-state index contributed by atoms with van der Waals surface area (Å²) >= 11 is 5.66. The maximum Gasteiger partial charge on any atom is 0.573 e. The van der Waals surface area contributed by atoms with Crippen LogP contribution in [-0.4, -0.2) is 6.36 Å². The summed E-state index contributed by atoms with van der Waals surface area (Å²) in [6, 6.07) is 5.24. The van der Waals surface area contributed by atoms with Gasteiger partial charge < -0.3 is 4.74 Å². The fourth-order valence-electron chi connectivity index (χ4n) is 0.969. The topological polar surface area (TPSA) is 33.0 Å². The molecule has 0 unspecified atom stereocenters. The quantitative estimate of drug-likeness (QED) is 0.788. The van der Waals surface area contributed by atoms with Gasteiger partial charge in [-0.15, -0.1) is 13.2 Å². The summed E-state index contributed by atoms with van der Waals surface area (Å²) in [6.45, 7) is 0. The maximum atomic E-state index is 11.8. The van der Waals surface area contributed by atoms with Crippen molar-refractivity contribution in [2.24, 2.45) is 0 Å². The molecule has 0 bridgehead atoms. The molecule has 1 aromatic rings. The van der Waals surface area contributed by atoms with Gasteiger partial charge >= 0.3 is 6.36 Å². The molecule has 0 N–H and O–H groups in total. The van der Waals surface area contributed by atoms with Crippen molar-refractivity contribution in [2.75, 3.05) is 0 Å². The van der Waals surface area contributed by atoms with Crippen molar-refractivity contribution in [3.8, 4) is 11.8 Å². The lowest BCUT2D eigenvalue weighted by Crippen LogP contribution is -2.17. The molecule has 15 heavy (non-hydrogen) atoms. The Balaban J connectivity index is 2.93. The van der Waals surface area contributed by atoms with Crippen LogP contribution in [0.3, 0.4) is 0 Å². The fourth-order valence-corrected chi connectivity index (χ4v) is 1.15. The zero-order chi connectivity index (χ0) is 11.5. The number of nitriles is 1. The Kier molecular flexibility index (Phi) is 3.43. The molecule has 0 amide bonds. The van der Waals surface area contributed by atoms with Crippen LogP contribution in [-0.2, 0) is 6.42 Å². The van der Waals surface area contributed by atoms with E-state index in [4.69, 9.17) is 16.9 Å². The third-order valence-corrected chi connectivity index (χ3v) is 1.89. The van der Waals surface area contributed by atoms with Gasteiger partial charge in [0.25, 0.3) is 0 Å². The van der Waals surface area contributed by atoms with Crippen molar-refractivity contribution >= 4 is 11.6 Å². The smallest absolute Gasteiger partial charge is 0.406 e. The van der Waals surface area contributed by atoms with Gasteiger partial charge in [0.1, 0.15) is 5.75 Å². The van der Waals surface area contributed by atoms with Crippen molar-refractivity contribution in [3.05, 3.63) is 28.8 Å². The zero-order valence-corrected chi connectivity index (χ0v) is 8.06. The lowest BCUT2D eigenvalue weighted by Gasteiger charge is -2.09. The first-order valence-corrected chi connectivity index (χ1v) is 4.21. The molecule has 2 nitrogen and oxygen atoms in total. The van der Waals surface area contributed by atoms with Crippen LogP contribution in [0, 0.1) is 11.3 Å². The van der Waals surface area contributed by atoms with Gasteiger partial charge in [-0.3, -0.25) is 0 Å². The number of nitrogens with zero attached hydrogens (tertiary/aromatic N) is 1. The summed E-state index contributed by atoms with van der Waals surface area (Å²) in [7, 11) is 0. The van der Waals surface area contributed by atoms with Crippen molar-refractivity contribution in [1.29, 1.82) is 5.26 Å². The van der Waals surface area contributed by atoms with Crippen LogP contribution in [0.5, 0.6) is 5.75 Å². The first kappa shape index (κ1) is 11.7. The highest BCUT2D eigenvalue weighted by Crippen LogP contribution is 2.27. The third kappa shape index (κ3) is 3.68. The minimum atomic E-state index is -4.74. The number of rotatable bonds is 2. The summed E-state index contributed by atoms with van der Waals surface area (Å²) in [5.74, 6) is -0.378. The van der Waals surface area contributed by atoms with Crippen LogP contribution in [0.1, 0.15) is 5.56 Å². The molecular weight excluding hydrogens is 231 g/mol. The monoisotopic (exact) mass is 235 g/mol.